The van der Waals surface area contributed by atoms with Crippen LogP contribution in [0.15, 0.2) is 71.1 Å². The van der Waals surface area contributed by atoms with E-state index in [2.05, 4.69) is 48.5 Å². The third kappa shape index (κ3) is 1.41. The zero-order valence-corrected chi connectivity index (χ0v) is 13.4. The number of hydrogen-bond acceptors (Lipinski definition) is 1. The molecular weight excluding hydrogens is 316 g/mol. The molecule has 1 aliphatic carbocycles. The second-order valence-electron chi connectivity index (χ2n) is 6.32. The molecule has 6 rings (SSSR count). The fourth-order valence-electron chi connectivity index (χ4n) is 4.07. The van der Waals surface area contributed by atoms with Crippen molar-refractivity contribution in [1.82, 2.24) is 0 Å². The van der Waals surface area contributed by atoms with Crippen molar-refractivity contribution in [3.05, 3.63) is 71.8 Å². The monoisotopic (exact) mass is 326 g/mol. The van der Waals surface area contributed by atoms with Crippen molar-refractivity contribution in [1.29, 1.82) is 0 Å². The summed E-state index contributed by atoms with van der Waals surface area (Å²) >= 11 is 6.22. The van der Waals surface area contributed by atoms with Crippen LogP contribution >= 0.6 is 11.6 Å². The second-order valence-corrected chi connectivity index (χ2v) is 6.75. The minimum atomic E-state index is 0.732. The van der Waals surface area contributed by atoms with Gasteiger partial charge in [0, 0.05) is 26.6 Å². The number of furan rings is 1. The molecule has 0 saturated heterocycles. The maximum atomic E-state index is 6.22. The highest BCUT2D eigenvalue weighted by Gasteiger charge is 2.24. The van der Waals surface area contributed by atoms with E-state index < -0.39 is 0 Å². The summed E-state index contributed by atoms with van der Waals surface area (Å²) in [5.74, 6) is 0. The summed E-state index contributed by atoms with van der Waals surface area (Å²) in [6.07, 6.45) is 0. The molecule has 112 valence electrons. The SMILES string of the molecule is Clc1ccc2oc3c4cccc5c4c(cc3c2c1)-c1ccccc1-5. The fourth-order valence-corrected chi connectivity index (χ4v) is 4.24. The Morgan fingerprint density at radius 2 is 1.42 bits per heavy atom. The molecule has 1 aromatic heterocycles. The Morgan fingerprint density at radius 1 is 0.625 bits per heavy atom. The molecule has 1 nitrogen and oxygen atoms in total. The van der Waals surface area contributed by atoms with Gasteiger partial charge in [0.2, 0.25) is 0 Å². The molecule has 1 heterocycles. The normalized spacial score (nSPS) is 12.4. The lowest BCUT2D eigenvalue weighted by molar-refractivity contribution is 0.672. The molecule has 0 atom stereocenters. The molecule has 2 heteroatoms. The van der Waals surface area contributed by atoms with Crippen LogP contribution in [0.25, 0.3) is 55.0 Å². The van der Waals surface area contributed by atoms with E-state index in [0.717, 1.165) is 27.0 Å². The predicted molar refractivity (Wildman–Crippen MR) is 101 cm³/mol. The van der Waals surface area contributed by atoms with Gasteiger partial charge < -0.3 is 4.42 Å². The molecule has 0 fully saturated rings. The van der Waals surface area contributed by atoms with E-state index in [1.165, 1.54) is 33.0 Å². The van der Waals surface area contributed by atoms with Gasteiger partial charge >= 0.3 is 0 Å². The van der Waals surface area contributed by atoms with E-state index in [1.54, 1.807) is 0 Å². The average Bonchev–Trinajstić information content (AvgIpc) is 3.14. The van der Waals surface area contributed by atoms with Gasteiger partial charge in [0.05, 0.1) is 0 Å². The lowest BCUT2D eigenvalue weighted by Crippen LogP contribution is -1.77. The molecule has 0 amide bonds. The Balaban J connectivity index is 1.91. The quantitative estimate of drug-likeness (QED) is 0.292. The van der Waals surface area contributed by atoms with Gasteiger partial charge in [-0.3, -0.25) is 0 Å². The lowest BCUT2D eigenvalue weighted by atomic mass is 9.99. The predicted octanol–water partition coefficient (Wildman–Crippen LogP) is 7.04. The third-order valence-corrected chi connectivity index (χ3v) is 5.30. The topological polar surface area (TPSA) is 13.1 Å². The molecule has 0 bridgehead atoms. The van der Waals surface area contributed by atoms with Gasteiger partial charge in [-0.2, -0.15) is 0 Å². The zero-order chi connectivity index (χ0) is 15.8. The van der Waals surface area contributed by atoms with Crippen LogP contribution in [0.1, 0.15) is 0 Å². The molecule has 0 radical (unpaired) electrons. The highest BCUT2D eigenvalue weighted by molar-refractivity contribution is 6.32. The Bertz CT molecular complexity index is 1310. The van der Waals surface area contributed by atoms with Crippen LogP contribution in [0.2, 0.25) is 5.02 Å². The number of benzene rings is 4. The van der Waals surface area contributed by atoms with Crippen molar-refractivity contribution in [2.24, 2.45) is 0 Å². The first-order valence-electron chi connectivity index (χ1n) is 7.98. The van der Waals surface area contributed by atoms with Gasteiger partial charge in [0.25, 0.3) is 0 Å². The smallest absolute Gasteiger partial charge is 0.143 e. The molecule has 0 spiro atoms. The first-order chi connectivity index (χ1) is 11.8. The van der Waals surface area contributed by atoms with Gasteiger partial charge in [0.15, 0.2) is 0 Å². The zero-order valence-electron chi connectivity index (χ0n) is 12.6. The summed E-state index contributed by atoms with van der Waals surface area (Å²) in [4.78, 5) is 0. The molecule has 1 aliphatic rings. The average molecular weight is 327 g/mol. The minimum absolute atomic E-state index is 0.732. The lowest BCUT2D eigenvalue weighted by Gasteiger charge is -2.03. The maximum Gasteiger partial charge on any atom is 0.143 e. The molecule has 0 unspecified atom stereocenters. The standard InChI is InChI=1S/C22H11ClO/c23-12-8-9-20-17(10-12)19-11-18-14-5-2-1-4-13(14)15-6-3-7-16(21(15)18)22(19)24-20/h1-11H. The van der Waals surface area contributed by atoms with Crippen LogP contribution in [0.5, 0.6) is 0 Å². The summed E-state index contributed by atoms with van der Waals surface area (Å²) in [5, 5.41) is 5.39. The first-order valence-corrected chi connectivity index (χ1v) is 8.36. The van der Waals surface area contributed by atoms with Gasteiger partial charge in [-0.05, 0) is 46.5 Å². The van der Waals surface area contributed by atoms with Crippen LogP contribution in [-0.2, 0) is 0 Å². The Morgan fingerprint density at radius 3 is 2.29 bits per heavy atom. The summed E-state index contributed by atoms with van der Waals surface area (Å²) in [6, 6.07) is 23.1. The van der Waals surface area contributed by atoms with Crippen LogP contribution in [-0.4, -0.2) is 0 Å². The number of fused-ring (bicyclic) bond motifs is 7. The molecule has 0 aliphatic heterocycles. The summed E-state index contributed by atoms with van der Waals surface area (Å²) in [7, 11) is 0. The van der Waals surface area contributed by atoms with Gasteiger partial charge in [0.1, 0.15) is 11.2 Å². The first kappa shape index (κ1) is 12.6. The van der Waals surface area contributed by atoms with E-state index in [0.29, 0.717) is 0 Å². The van der Waals surface area contributed by atoms with Crippen LogP contribution < -0.4 is 0 Å². The third-order valence-electron chi connectivity index (χ3n) is 5.06. The number of halogens is 1. The van der Waals surface area contributed by atoms with Crippen molar-refractivity contribution in [2.75, 3.05) is 0 Å². The molecule has 0 N–H and O–H groups in total. The largest absolute Gasteiger partial charge is 0.455 e. The van der Waals surface area contributed by atoms with Crippen molar-refractivity contribution >= 4 is 44.3 Å². The Kier molecular flexibility index (Phi) is 2.21. The molecule has 0 saturated carbocycles. The van der Waals surface area contributed by atoms with Gasteiger partial charge in [-0.1, -0.05) is 54.1 Å². The van der Waals surface area contributed by atoms with Crippen LogP contribution in [0.3, 0.4) is 0 Å². The van der Waals surface area contributed by atoms with E-state index in [9.17, 15) is 0 Å². The van der Waals surface area contributed by atoms with Crippen LogP contribution in [0.4, 0.5) is 0 Å². The minimum Gasteiger partial charge on any atom is -0.455 e. The molecule has 24 heavy (non-hydrogen) atoms. The van der Waals surface area contributed by atoms with E-state index in [4.69, 9.17) is 16.0 Å². The van der Waals surface area contributed by atoms with Crippen molar-refractivity contribution in [2.45, 2.75) is 0 Å². The summed E-state index contributed by atoms with van der Waals surface area (Å²) in [5.41, 5.74) is 6.99. The highest BCUT2D eigenvalue weighted by atomic mass is 35.5. The summed E-state index contributed by atoms with van der Waals surface area (Å²) in [6.45, 7) is 0. The summed E-state index contributed by atoms with van der Waals surface area (Å²) < 4.78 is 6.20. The molecule has 5 aromatic rings. The Hall–Kier alpha value is -2.77. The number of hydrogen-bond donors (Lipinski definition) is 0. The Labute approximate surface area is 143 Å². The van der Waals surface area contributed by atoms with Gasteiger partial charge in [-0.15, -0.1) is 0 Å². The highest BCUT2D eigenvalue weighted by Crippen LogP contribution is 2.50. The van der Waals surface area contributed by atoms with E-state index in [-0.39, 0.29) is 0 Å². The number of rotatable bonds is 0. The van der Waals surface area contributed by atoms with Crippen molar-refractivity contribution in [3.63, 3.8) is 0 Å². The van der Waals surface area contributed by atoms with Crippen molar-refractivity contribution < 1.29 is 4.42 Å². The fraction of sp³-hybridized carbons (Fsp3) is 0. The maximum absolute atomic E-state index is 6.22. The van der Waals surface area contributed by atoms with Crippen molar-refractivity contribution in [3.8, 4) is 22.3 Å². The van der Waals surface area contributed by atoms with E-state index in [1.807, 2.05) is 18.2 Å². The van der Waals surface area contributed by atoms with E-state index >= 15 is 0 Å². The van der Waals surface area contributed by atoms with Crippen LogP contribution in [0, 0.1) is 0 Å². The molecule has 4 aromatic carbocycles. The molecular formula is C22H11ClO. The van der Waals surface area contributed by atoms with Gasteiger partial charge in [-0.25, -0.2) is 0 Å². The second kappa shape index (κ2) is 4.19.